The van der Waals surface area contributed by atoms with E-state index in [2.05, 4.69) is 10.2 Å². The van der Waals surface area contributed by atoms with E-state index in [1.54, 1.807) is 4.57 Å². The van der Waals surface area contributed by atoms with Crippen LogP contribution in [0.4, 0.5) is 0 Å². The monoisotopic (exact) mass is 372 g/mol. The average molecular weight is 372 g/mol. The second-order valence-electron chi connectivity index (χ2n) is 7.02. The van der Waals surface area contributed by atoms with Gasteiger partial charge in [-0.25, -0.2) is 14.5 Å². The largest absolute Gasteiger partial charge is 0.376 e. The number of ether oxygens (including phenoxy) is 2. The van der Waals surface area contributed by atoms with Crippen molar-refractivity contribution in [2.45, 2.75) is 25.4 Å². The summed E-state index contributed by atoms with van der Waals surface area (Å²) in [6.45, 7) is 2.77. The van der Waals surface area contributed by atoms with E-state index in [1.165, 1.54) is 0 Å². The molecule has 0 bridgehead atoms. The number of para-hydroxylation sites is 1. The maximum atomic E-state index is 12.5. The number of hydrogen-bond donors (Lipinski definition) is 1. The summed E-state index contributed by atoms with van der Waals surface area (Å²) >= 11 is 0. The van der Waals surface area contributed by atoms with Crippen LogP contribution in [0.1, 0.15) is 18.7 Å². The predicted octanol–water partition coefficient (Wildman–Crippen LogP) is 0.757. The Morgan fingerprint density at radius 2 is 1.96 bits per heavy atom. The number of nitrogens with one attached hydrogen (secondary N) is 1. The fraction of sp³-hybridized carbons (Fsp3) is 0.526. The molecule has 1 atom stereocenters. The molecule has 2 aromatic rings. The van der Waals surface area contributed by atoms with Crippen LogP contribution in [-0.4, -0.2) is 64.6 Å². The van der Waals surface area contributed by atoms with E-state index in [-0.39, 0.29) is 11.6 Å². The van der Waals surface area contributed by atoms with Crippen molar-refractivity contribution < 1.29 is 14.3 Å². The minimum atomic E-state index is -0.468. The fourth-order valence-electron chi connectivity index (χ4n) is 3.76. The Bertz CT molecular complexity index is 818. The summed E-state index contributed by atoms with van der Waals surface area (Å²) in [4.78, 5) is 26.5. The van der Waals surface area contributed by atoms with Gasteiger partial charge in [0.1, 0.15) is 5.82 Å². The number of nitrogens with zero attached hydrogens (tertiary/aromatic N) is 3. The van der Waals surface area contributed by atoms with Crippen molar-refractivity contribution in [3.8, 4) is 5.69 Å². The first-order chi connectivity index (χ1) is 13.2. The van der Waals surface area contributed by atoms with Crippen LogP contribution in [0.25, 0.3) is 5.69 Å². The van der Waals surface area contributed by atoms with Crippen LogP contribution in [0.15, 0.2) is 35.1 Å². The third kappa shape index (κ3) is 3.96. The van der Waals surface area contributed by atoms with Gasteiger partial charge in [-0.1, -0.05) is 18.2 Å². The first-order valence-corrected chi connectivity index (χ1v) is 9.42. The van der Waals surface area contributed by atoms with Gasteiger partial charge in [0.25, 0.3) is 5.91 Å². The molecular weight excluding hydrogens is 348 g/mol. The summed E-state index contributed by atoms with van der Waals surface area (Å²) in [7, 11) is 0. The molecule has 0 saturated carbocycles. The zero-order chi connectivity index (χ0) is 18.6. The van der Waals surface area contributed by atoms with Crippen molar-refractivity contribution in [2.75, 3.05) is 32.9 Å². The van der Waals surface area contributed by atoms with Crippen molar-refractivity contribution in [1.82, 2.24) is 19.7 Å². The van der Waals surface area contributed by atoms with Crippen LogP contribution in [-0.2, 0) is 20.7 Å². The minimum Gasteiger partial charge on any atom is -0.376 e. The van der Waals surface area contributed by atoms with E-state index < -0.39 is 6.10 Å². The normalized spacial score (nSPS) is 21.3. The lowest BCUT2D eigenvalue weighted by Crippen LogP contribution is -2.48. The summed E-state index contributed by atoms with van der Waals surface area (Å²) in [5.74, 6) is 1.14. The van der Waals surface area contributed by atoms with E-state index in [4.69, 9.17) is 9.47 Å². The van der Waals surface area contributed by atoms with Crippen LogP contribution in [0.5, 0.6) is 0 Å². The summed E-state index contributed by atoms with van der Waals surface area (Å²) in [6, 6.07) is 9.52. The third-order valence-corrected chi connectivity index (χ3v) is 5.25. The van der Waals surface area contributed by atoms with Gasteiger partial charge in [0.2, 0.25) is 0 Å². The number of piperidine rings is 1. The van der Waals surface area contributed by atoms with Crippen molar-refractivity contribution in [3.63, 3.8) is 0 Å². The van der Waals surface area contributed by atoms with E-state index in [1.807, 2.05) is 35.2 Å². The van der Waals surface area contributed by atoms with Gasteiger partial charge in [-0.2, -0.15) is 5.10 Å². The number of carbonyl (C=O) groups excluding carboxylic acids is 1. The van der Waals surface area contributed by atoms with E-state index in [0.717, 1.165) is 24.4 Å². The molecule has 27 heavy (non-hydrogen) atoms. The fourth-order valence-corrected chi connectivity index (χ4v) is 3.76. The SMILES string of the molecule is O=C([C@@H]1COCCO1)N1CCC(Cc2n[nH]c(=O)n2-c2ccccc2)CC1. The quantitative estimate of drug-likeness (QED) is 0.856. The Balaban J connectivity index is 1.37. The van der Waals surface area contributed by atoms with Gasteiger partial charge in [0, 0.05) is 19.5 Å². The zero-order valence-electron chi connectivity index (χ0n) is 15.2. The molecule has 1 amide bonds. The average Bonchev–Trinajstić information content (AvgIpc) is 3.09. The van der Waals surface area contributed by atoms with Crippen LogP contribution in [0.3, 0.4) is 0 Å². The molecular formula is C19H24N4O4. The van der Waals surface area contributed by atoms with Crippen molar-refractivity contribution in [3.05, 3.63) is 46.6 Å². The first-order valence-electron chi connectivity index (χ1n) is 9.42. The number of benzene rings is 1. The Hall–Kier alpha value is -2.45. The molecule has 0 radical (unpaired) electrons. The Morgan fingerprint density at radius 1 is 1.19 bits per heavy atom. The van der Waals surface area contributed by atoms with E-state index >= 15 is 0 Å². The topological polar surface area (TPSA) is 89.5 Å². The van der Waals surface area contributed by atoms with Crippen LogP contribution in [0.2, 0.25) is 0 Å². The molecule has 1 aromatic carbocycles. The number of carbonyl (C=O) groups is 1. The maximum absolute atomic E-state index is 12.5. The predicted molar refractivity (Wildman–Crippen MR) is 97.8 cm³/mol. The number of likely N-dealkylation sites (tertiary alicyclic amines) is 1. The standard InChI is InChI=1S/C19H24N4O4/c24-18(16-13-26-10-11-27-16)22-8-6-14(7-9-22)12-17-20-21-19(25)23(17)15-4-2-1-3-5-15/h1-5,14,16H,6-13H2,(H,21,25)/t16-/m0/s1. The van der Waals surface area contributed by atoms with Crippen LogP contribution >= 0.6 is 0 Å². The molecule has 2 saturated heterocycles. The maximum Gasteiger partial charge on any atom is 0.347 e. The molecule has 8 nitrogen and oxygen atoms in total. The van der Waals surface area contributed by atoms with Crippen molar-refractivity contribution >= 4 is 5.91 Å². The smallest absolute Gasteiger partial charge is 0.347 e. The summed E-state index contributed by atoms with van der Waals surface area (Å²) in [6.07, 6.45) is 2.01. The number of hydrogen-bond acceptors (Lipinski definition) is 5. The molecule has 0 aliphatic carbocycles. The molecule has 144 valence electrons. The molecule has 0 spiro atoms. The van der Waals surface area contributed by atoms with Gasteiger partial charge in [0.05, 0.1) is 25.5 Å². The third-order valence-electron chi connectivity index (χ3n) is 5.25. The lowest BCUT2D eigenvalue weighted by atomic mass is 9.93. The highest BCUT2D eigenvalue weighted by atomic mass is 16.6. The van der Waals surface area contributed by atoms with Gasteiger partial charge < -0.3 is 14.4 Å². The summed E-state index contributed by atoms with van der Waals surface area (Å²) < 4.78 is 12.5. The lowest BCUT2D eigenvalue weighted by molar-refractivity contribution is -0.159. The highest BCUT2D eigenvalue weighted by Crippen LogP contribution is 2.22. The molecule has 2 fully saturated rings. The summed E-state index contributed by atoms with van der Waals surface area (Å²) in [5.41, 5.74) is 0.589. The number of aromatic amines is 1. The number of aromatic nitrogens is 3. The molecule has 0 unspecified atom stereocenters. The second-order valence-corrected chi connectivity index (χ2v) is 7.02. The van der Waals surface area contributed by atoms with E-state index in [9.17, 15) is 9.59 Å². The summed E-state index contributed by atoms with van der Waals surface area (Å²) in [5, 5.41) is 6.78. The Morgan fingerprint density at radius 3 is 2.67 bits per heavy atom. The van der Waals surface area contributed by atoms with Gasteiger partial charge in [-0.05, 0) is 30.9 Å². The molecule has 2 aliphatic heterocycles. The van der Waals surface area contributed by atoms with Gasteiger partial charge in [-0.15, -0.1) is 0 Å². The molecule has 3 heterocycles. The van der Waals surface area contributed by atoms with E-state index in [0.29, 0.717) is 45.2 Å². The number of H-pyrrole nitrogens is 1. The molecule has 1 aromatic heterocycles. The van der Waals surface area contributed by atoms with Crippen molar-refractivity contribution in [1.29, 1.82) is 0 Å². The van der Waals surface area contributed by atoms with Gasteiger partial charge >= 0.3 is 5.69 Å². The van der Waals surface area contributed by atoms with Crippen LogP contribution in [0, 0.1) is 5.92 Å². The van der Waals surface area contributed by atoms with Crippen LogP contribution < -0.4 is 5.69 Å². The molecule has 2 aliphatic rings. The first kappa shape index (κ1) is 17.9. The van der Waals surface area contributed by atoms with Crippen molar-refractivity contribution in [2.24, 2.45) is 5.92 Å². The lowest BCUT2D eigenvalue weighted by Gasteiger charge is -2.34. The molecule has 1 N–H and O–H groups in total. The highest BCUT2D eigenvalue weighted by molar-refractivity contribution is 5.81. The Kier molecular flexibility index (Phi) is 5.35. The number of rotatable bonds is 4. The minimum absolute atomic E-state index is 0.0223. The highest BCUT2D eigenvalue weighted by Gasteiger charge is 2.31. The number of amides is 1. The molecule has 4 rings (SSSR count). The van der Waals surface area contributed by atoms with Gasteiger partial charge in [-0.3, -0.25) is 4.79 Å². The second kappa shape index (κ2) is 8.06. The zero-order valence-corrected chi connectivity index (χ0v) is 15.2. The van der Waals surface area contributed by atoms with Gasteiger partial charge in [0.15, 0.2) is 6.10 Å². The Labute approximate surface area is 157 Å². The molecule has 8 heteroatoms.